The predicted octanol–water partition coefficient (Wildman–Crippen LogP) is 4.82. The summed E-state index contributed by atoms with van der Waals surface area (Å²) in [7, 11) is -3.78. The maximum atomic E-state index is 12.9. The maximum absolute atomic E-state index is 12.9. The van der Waals surface area contributed by atoms with Crippen molar-refractivity contribution >= 4 is 43.2 Å². The van der Waals surface area contributed by atoms with E-state index in [9.17, 15) is 13.2 Å². The molecule has 33 heavy (non-hydrogen) atoms. The Morgan fingerprint density at radius 2 is 1.82 bits per heavy atom. The van der Waals surface area contributed by atoms with Gasteiger partial charge < -0.3 is 4.74 Å². The molecule has 1 heterocycles. The molecular weight excluding hydrogens is 480 g/mol. The SMILES string of the molecule is Cc1ccccc1OCC(C)NS(=O)(=O)c1ccc2c(c1)sc(=O)n2Cc1ccc(Cl)cc1. The first-order chi connectivity index (χ1) is 15.7. The second kappa shape index (κ2) is 9.69. The smallest absolute Gasteiger partial charge is 0.308 e. The van der Waals surface area contributed by atoms with E-state index < -0.39 is 16.1 Å². The number of nitrogens with one attached hydrogen (secondary N) is 1. The molecule has 0 saturated heterocycles. The van der Waals surface area contributed by atoms with Gasteiger partial charge in [0.25, 0.3) is 0 Å². The lowest BCUT2D eigenvalue weighted by Crippen LogP contribution is -2.36. The fourth-order valence-corrected chi connectivity index (χ4v) is 5.82. The van der Waals surface area contributed by atoms with E-state index in [4.69, 9.17) is 16.3 Å². The number of aromatic nitrogens is 1. The standard InChI is InChI=1S/C24H23ClN2O4S2/c1-16-5-3-4-6-22(16)31-15-17(2)26-33(29,30)20-11-12-21-23(13-20)32-24(28)27(21)14-18-7-9-19(25)10-8-18/h3-13,17,26H,14-15H2,1-2H3. The highest BCUT2D eigenvalue weighted by atomic mass is 35.5. The normalized spacial score (nSPS) is 12.7. The first-order valence-corrected chi connectivity index (χ1v) is 13.0. The summed E-state index contributed by atoms with van der Waals surface area (Å²) in [6.07, 6.45) is 0. The highest BCUT2D eigenvalue weighted by Crippen LogP contribution is 2.23. The van der Waals surface area contributed by atoms with Crippen LogP contribution in [-0.4, -0.2) is 25.6 Å². The summed E-state index contributed by atoms with van der Waals surface area (Å²) in [5, 5.41) is 0.627. The lowest BCUT2D eigenvalue weighted by atomic mass is 10.2. The third-order valence-electron chi connectivity index (χ3n) is 5.14. The predicted molar refractivity (Wildman–Crippen MR) is 133 cm³/mol. The fraction of sp³-hybridized carbons (Fsp3) is 0.208. The van der Waals surface area contributed by atoms with Crippen molar-refractivity contribution in [2.24, 2.45) is 0 Å². The Balaban J connectivity index is 1.51. The number of nitrogens with zero attached hydrogens (tertiary/aromatic N) is 1. The first kappa shape index (κ1) is 23.5. The molecule has 1 unspecified atom stereocenters. The Hall–Kier alpha value is -2.65. The molecule has 9 heteroatoms. The van der Waals surface area contributed by atoms with Crippen LogP contribution in [0.5, 0.6) is 5.75 Å². The number of aryl methyl sites for hydroxylation is 1. The molecule has 0 radical (unpaired) electrons. The van der Waals surface area contributed by atoms with E-state index >= 15 is 0 Å². The summed E-state index contributed by atoms with van der Waals surface area (Å²) < 4.78 is 36.5. The van der Waals surface area contributed by atoms with Crippen LogP contribution in [0.2, 0.25) is 5.02 Å². The number of hydrogen-bond donors (Lipinski definition) is 1. The molecular formula is C24H23ClN2O4S2. The van der Waals surface area contributed by atoms with E-state index in [1.807, 2.05) is 43.3 Å². The van der Waals surface area contributed by atoms with Crippen molar-refractivity contribution in [2.75, 3.05) is 6.61 Å². The van der Waals surface area contributed by atoms with Crippen LogP contribution in [0.3, 0.4) is 0 Å². The maximum Gasteiger partial charge on any atom is 0.308 e. The van der Waals surface area contributed by atoms with Crippen molar-refractivity contribution in [3.05, 3.63) is 92.5 Å². The van der Waals surface area contributed by atoms with Crippen molar-refractivity contribution in [3.8, 4) is 5.75 Å². The van der Waals surface area contributed by atoms with Crippen molar-refractivity contribution in [3.63, 3.8) is 0 Å². The summed E-state index contributed by atoms with van der Waals surface area (Å²) >= 11 is 6.96. The minimum atomic E-state index is -3.78. The van der Waals surface area contributed by atoms with E-state index in [2.05, 4.69) is 4.72 Å². The Morgan fingerprint density at radius 1 is 1.09 bits per heavy atom. The van der Waals surface area contributed by atoms with Gasteiger partial charge in [-0.25, -0.2) is 13.1 Å². The van der Waals surface area contributed by atoms with E-state index in [0.717, 1.165) is 28.2 Å². The first-order valence-electron chi connectivity index (χ1n) is 10.3. The number of ether oxygens (including phenoxy) is 1. The second-order valence-electron chi connectivity index (χ2n) is 7.81. The molecule has 6 nitrogen and oxygen atoms in total. The van der Waals surface area contributed by atoms with Gasteiger partial charge in [-0.1, -0.05) is 53.3 Å². The topological polar surface area (TPSA) is 77.4 Å². The molecule has 1 N–H and O–H groups in total. The number of hydrogen-bond acceptors (Lipinski definition) is 5. The fourth-order valence-electron chi connectivity index (χ4n) is 3.44. The number of halogens is 1. The van der Waals surface area contributed by atoms with Gasteiger partial charge in [0, 0.05) is 5.02 Å². The number of para-hydroxylation sites is 1. The molecule has 0 amide bonds. The van der Waals surface area contributed by atoms with Crippen LogP contribution in [0.15, 0.2) is 76.4 Å². The van der Waals surface area contributed by atoms with Crippen molar-refractivity contribution in [1.82, 2.24) is 9.29 Å². The molecule has 0 aliphatic carbocycles. The van der Waals surface area contributed by atoms with Crippen LogP contribution in [0.25, 0.3) is 10.2 Å². The number of sulfonamides is 1. The summed E-state index contributed by atoms with van der Waals surface area (Å²) in [5.74, 6) is 0.719. The van der Waals surface area contributed by atoms with E-state index in [-0.39, 0.29) is 16.4 Å². The van der Waals surface area contributed by atoms with Crippen molar-refractivity contribution < 1.29 is 13.2 Å². The van der Waals surface area contributed by atoms with Crippen molar-refractivity contribution in [1.29, 1.82) is 0 Å². The third kappa shape index (κ3) is 5.47. The molecule has 4 aromatic rings. The molecule has 0 spiro atoms. The van der Waals surface area contributed by atoms with Crippen LogP contribution in [0, 0.1) is 6.92 Å². The number of rotatable bonds is 8. The van der Waals surface area contributed by atoms with Gasteiger partial charge in [-0.3, -0.25) is 9.36 Å². The highest BCUT2D eigenvalue weighted by molar-refractivity contribution is 7.89. The van der Waals surface area contributed by atoms with Gasteiger partial charge in [0.2, 0.25) is 10.0 Å². The number of thiazole rings is 1. The molecule has 3 aromatic carbocycles. The average molecular weight is 503 g/mol. The van der Waals surface area contributed by atoms with Gasteiger partial charge in [-0.15, -0.1) is 0 Å². The number of fused-ring (bicyclic) bond motifs is 1. The van der Waals surface area contributed by atoms with Gasteiger partial charge in [0.1, 0.15) is 12.4 Å². The molecule has 4 rings (SSSR count). The zero-order valence-electron chi connectivity index (χ0n) is 18.1. The quantitative estimate of drug-likeness (QED) is 0.375. The molecule has 0 aliphatic rings. The van der Waals surface area contributed by atoms with E-state index in [0.29, 0.717) is 21.8 Å². The van der Waals surface area contributed by atoms with Gasteiger partial charge in [-0.2, -0.15) is 0 Å². The molecule has 0 aliphatic heterocycles. The van der Waals surface area contributed by atoms with Crippen LogP contribution in [0.1, 0.15) is 18.1 Å². The Morgan fingerprint density at radius 3 is 2.55 bits per heavy atom. The van der Waals surface area contributed by atoms with Crippen LogP contribution < -0.4 is 14.3 Å². The average Bonchev–Trinajstić information content (AvgIpc) is 3.08. The molecule has 0 bridgehead atoms. The summed E-state index contributed by atoms with van der Waals surface area (Å²) in [4.78, 5) is 12.5. The second-order valence-corrected chi connectivity index (χ2v) is 11.0. The van der Waals surface area contributed by atoms with Gasteiger partial charge in [0.15, 0.2) is 0 Å². The highest BCUT2D eigenvalue weighted by Gasteiger charge is 2.20. The zero-order valence-corrected chi connectivity index (χ0v) is 20.5. The summed E-state index contributed by atoms with van der Waals surface area (Å²) in [5.41, 5.74) is 2.60. The molecule has 0 fully saturated rings. The Bertz CT molecular complexity index is 1440. The molecule has 172 valence electrons. The van der Waals surface area contributed by atoms with E-state index in [1.54, 1.807) is 29.7 Å². The van der Waals surface area contributed by atoms with Gasteiger partial charge >= 0.3 is 4.87 Å². The van der Waals surface area contributed by atoms with Crippen LogP contribution in [0.4, 0.5) is 0 Å². The lowest BCUT2D eigenvalue weighted by Gasteiger charge is -2.16. The molecule has 1 atom stereocenters. The minimum absolute atomic E-state index is 0.109. The Labute approximate surface area is 201 Å². The van der Waals surface area contributed by atoms with Crippen LogP contribution in [-0.2, 0) is 16.6 Å². The Kier molecular flexibility index (Phi) is 6.90. The number of benzene rings is 3. The van der Waals surface area contributed by atoms with E-state index in [1.165, 1.54) is 12.1 Å². The van der Waals surface area contributed by atoms with Gasteiger partial charge in [-0.05, 0) is 61.4 Å². The summed E-state index contributed by atoms with van der Waals surface area (Å²) in [6, 6.07) is 19.1. The molecule has 0 saturated carbocycles. The van der Waals surface area contributed by atoms with Crippen LogP contribution >= 0.6 is 22.9 Å². The lowest BCUT2D eigenvalue weighted by molar-refractivity contribution is 0.286. The zero-order chi connectivity index (χ0) is 23.6. The van der Waals surface area contributed by atoms with Gasteiger partial charge in [0.05, 0.1) is 27.7 Å². The summed E-state index contributed by atoms with van der Waals surface area (Å²) in [6.45, 7) is 4.25. The molecule has 1 aromatic heterocycles. The van der Waals surface area contributed by atoms with Crippen molar-refractivity contribution in [2.45, 2.75) is 31.3 Å². The minimum Gasteiger partial charge on any atom is -0.492 e. The third-order valence-corrected chi connectivity index (χ3v) is 7.92. The monoisotopic (exact) mass is 502 g/mol. The largest absolute Gasteiger partial charge is 0.492 e.